The van der Waals surface area contributed by atoms with Gasteiger partial charge in [0.25, 0.3) is 0 Å². The van der Waals surface area contributed by atoms with Crippen LogP contribution in [-0.2, 0) is 9.53 Å². The lowest BCUT2D eigenvalue weighted by atomic mass is 10.1. The van der Waals surface area contributed by atoms with E-state index in [2.05, 4.69) is 4.98 Å². The molecule has 0 fully saturated rings. The van der Waals surface area contributed by atoms with Crippen molar-refractivity contribution in [3.63, 3.8) is 0 Å². The maximum absolute atomic E-state index is 11.1. The number of carbonyl (C=O) groups is 2. The van der Waals surface area contributed by atoms with Gasteiger partial charge in [0, 0.05) is 12.3 Å². The number of pyridine rings is 1. The van der Waals surface area contributed by atoms with Gasteiger partial charge in [-0.05, 0) is 37.1 Å². The Kier molecular flexibility index (Phi) is 4.39. The fourth-order valence-corrected chi connectivity index (χ4v) is 1.27. The first-order valence-electron chi connectivity index (χ1n) is 5.09. The van der Waals surface area contributed by atoms with Crippen LogP contribution in [0.5, 0.6) is 0 Å². The highest BCUT2D eigenvalue weighted by Gasteiger charge is 2.08. The van der Waals surface area contributed by atoms with E-state index in [9.17, 15) is 9.59 Å². The van der Waals surface area contributed by atoms with Crippen molar-refractivity contribution in [2.24, 2.45) is 0 Å². The number of hydrogen-bond acceptors (Lipinski definition) is 4. The molecule has 17 heavy (non-hydrogen) atoms. The summed E-state index contributed by atoms with van der Waals surface area (Å²) in [5, 5.41) is 8.79. The van der Waals surface area contributed by atoms with Gasteiger partial charge in [-0.2, -0.15) is 0 Å². The third-order valence-corrected chi connectivity index (χ3v) is 2.00. The molecule has 0 unspecified atom stereocenters. The van der Waals surface area contributed by atoms with Crippen molar-refractivity contribution in [3.8, 4) is 0 Å². The Morgan fingerprint density at radius 2 is 2.24 bits per heavy atom. The molecule has 0 bridgehead atoms. The number of esters is 1. The third-order valence-electron chi connectivity index (χ3n) is 2.00. The van der Waals surface area contributed by atoms with Crippen LogP contribution >= 0.6 is 0 Å². The van der Waals surface area contributed by atoms with Gasteiger partial charge >= 0.3 is 11.9 Å². The summed E-state index contributed by atoms with van der Waals surface area (Å²) >= 11 is 0. The number of nitrogens with zero attached hydrogens (tertiary/aromatic N) is 1. The number of aryl methyl sites for hydroxylation is 1. The van der Waals surface area contributed by atoms with Crippen LogP contribution in [0.3, 0.4) is 0 Å². The van der Waals surface area contributed by atoms with E-state index in [4.69, 9.17) is 9.84 Å². The highest BCUT2D eigenvalue weighted by Crippen LogP contribution is 2.09. The zero-order chi connectivity index (χ0) is 12.8. The molecule has 1 aromatic heterocycles. The summed E-state index contributed by atoms with van der Waals surface area (Å²) < 4.78 is 4.72. The van der Waals surface area contributed by atoms with E-state index in [-0.39, 0.29) is 5.69 Å². The highest BCUT2D eigenvalue weighted by atomic mass is 16.5. The summed E-state index contributed by atoms with van der Waals surface area (Å²) in [6.07, 6.45) is 4.20. The van der Waals surface area contributed by atoms with Crippen LogP contribution in [0.2, 0.25) is 0 Å². The molecule has 0 atom stereocenters. The average Bonchev–Trinajstić information content (AvgIpc) is 2.26. The first-order valence-corrected chi connectivity index (χ1v) is 5.09. The largest absolute Gasteiger partial charge is 0.477 e. The number of aromatic nitrogens is 1. The highest BCUT2D eigenvalue weighted by molar-refractivity contribution is 5.88. The Morgan fingerprint density at radius 1 is 1.53 bits per heavy atom. The Balaban J connectivity index is 2.84. The van der Waals surface area contributed by atoms with Crippen molar-refractivity contribution in [1.29, 1.82) is 0 Å². The van der Waals surface area contributed by atoms with Crippen molar-refractivity contribution in [2.75, 3.05) is 6.61 Å². The maximum atomic E-state index is 11.1. The number of carboxylic acids is 1. The van der Waals surface area contributed by atoms with Gasteiger partial charge in [0.05, 0.1) is 6.61 Å². The summed E-state index contributed by atoms with van der Waals surface area (Å²) in [7, 11) is 0. The lowest BCUT2D eigenvalue weighted by Gasteiger charge is -2.00. The predicted octanol–water partition coefficient (Wildman–Crippen LogP) is 1.66. The lowest BCUT2D eigenvalue weighted by Crippen LogP contribution is -2.03. The zero-order valence-corrected chi connectivity index (χ0v) is 9.64. The van der Waals surface area contributed by atoms with Crippen LogP contribution in [0.1, 0.15) is 28.5 Å². The van der Waals surface area contributed by atoms with Crippen molar-refractivity contribution < 1.29 is 19.4 Å². The van der Waals surface area contributed by atoms with Gasteiger partial charge in [-0.15, -0.1) is 0 Å². The number of rotatable bonds is 4. The molecule has 1 aromatic rings. The smallest absolute Gasteiger partial charge is 0.354 e. The van der Waals surface area contributed by atoms with Crippen LogP contribution < -0.4 is 0 Å². The molecule has 0 spiro atoms. The molecule has 0 saturated carbocycles. The first-order chi connectivity index (χ1) is 8.04. The Labute approximate surface area is 98.7 Å². The average molecular weight is 235 g/mol. The quantitative estimate of drug-likeness (QED) is 0.634. The monoisotopic (exact) mass is 235 g/mol. The minimum absolute atomic E-state index is 0.0123. The summed E-state index contributed by atoms with van der Waals surface area (Å²) in [4.78, 5) is 25.6. The van der Waals surface area contributed by atoms with E-state index >= 15 is 0 Å². The van der Waals surface area contributed by atoms with Gasteiger partial charge < -0.3 is 9.84 Å². The van der Waals surface area contributed by atoms with E-state index < -0.39 is 11.9 Å². The van der Waals surface area contributed by atoms with Crippen molar-refractivity contribution in [3.05, 3.63) is 35.2 Å². The van der Waals surface area contributed by atoms with Crippen molar-refractivity contribution in [1.82, 2.24) is 4.98 Å². The normalized spacial score (nSPS) is 10.5. The summed E-state index contributed by atoms with van der Waals surface area (Å²) in [5.41, 5.74) is 1.21. The SMILES string of the molecule is CCOC(=O)C=Cc1cnc(C(=O)O)c(C)c1. The van der Waals surface area contributed by atoms with E-state index in [0.717, 1.165) is 0 Å². The minimum atomic E-state index is -1.07. The molecule has 0 aliphatic rings. The molecule has 1 heterocycles. The van der Waals surface area contributed by atoms with Crippen LogP contribution in [-0.4, -0.2) is 28.6 Å². The van der Waals surface area contributed by atoms with E-state index in [1.54, 1.807) is 19.9 Å². The molecule has 5 nitrogen and oxygen atoms in total. The number of carboxylic acid groups (broad SMARTS) is 1. The van der Waals surface area contributed by atoms with Crippen LogP contribution in [0.15, 0.2) is 18.3 Å². The number of hydrogen-bond donors (Lipinski definition) is 1. The van der Waals surface area contributed by atoms with Gasteiger partial charge in [-0.25, -0.2) is 14.6 Å². The summed E-state index contributed by atoms with van der Waals surface area (Å²) in [5.74, 6) is -1.50. The Bertz CT molecular complexity index is 466. The maximum Gasteiger partial charge on any atom is 0.354 e. The van der Waals surface area contributed by atoms with Crippen LogP contribution in [0.4, 0.5) is 0 Å². The summed E-state index contributed by atoms with van der Waals surface area (Å²) in [6, 6.07) is 1.65. The number of aromatic carboxylic acids is 1. The fraction of sp³-hybridized carbons (Fsp3) is 0.250. The molecule has 0 radical (unpaired) electrons. The molecule has 90 valence electrons. The van der Waals surface area contributed by atoms with Crippen LogP contribution in [0, 0.1) is 6.92 Å². The molecule has 1 rings (SSSR count). The summed E-state index contributed by atoms with van der Waals surface area (Å²) in [6.45, 7) is 3.69. The van der Waals surface area contributed by atoms with Gasteiger partial charge in [0.2, 0.25) is 0 Å². The third kappa shape index (κ3) is 3.71. The minimum Gasteiger partial charge on any atom is -0.477 e. The number of carbonyl (C=O) groups excluding carboxylic acids is 1. The fourth-order valence-electron chi connectivity index (χ4n) is 1.27. The van der Waals surface area contributed by atoms with E-state index in [0.29, 0.717) is 17.7 Å². The molecular weight excluding hydrogens is 222 g/mol. The van der Waals surface area contributed by atoms with E-state index in [1.807, 2.05) is 0 Å². The molecule has 5 heteroatoms. The molecule has 0 amide bonds. The molecule has 0 aliphatic carbocycles. The van der Waals surface area contributed by atoms with Gasteiger partial charge in [-0.3, -0.25) is 0 Å². The molecule has 0 saturated heterocycles. The second-order valence-electron chi connectivity index (χ2n) is 3.32. The standard InChI is InChI=1S/C12H13NO4/c1-3-17-10(14)5-4-9-6-8(2)11(12(15)16)13-7-9/h4-7H,3H2,1-2H3,(H,15,16). The molecular formula is C12H13NO4. The van der Waals surface area contributed by atoms with Gasteiger partial charge in [0.15, 0.2) is 5.69 Å². The molecule has 1 N–H and O–H groups in total. The second kappa shape index (κ2) is 5.79. The lowest BCUT2D eigenvalue weighted by molar-refractivity contribution is -0.137. The zero-order valence-electron chi connectivity index (χ0n) is 9.64. The van der Waals surface area contributed by atoms with Crippen LogP contribution in [0.25, 0.3) is 6.08 Å². The second-order valence-corrected chi connectivity index (χ2v) is 3.32. The van der Waals surface area contributed by atoms with Crippen molar-refractivity contribution >= 4 is 18.0 Å². The number of ether oxygens (including phenoxy) is 1. The van der Waals surface area contributed by atoms with Gasteiger partial charge in [0.1, 0.15) is 0 Å². The Morgan fingerprint density at radius 3 is 2.76 bits per heavy atom. The van der Waals surface area contributed by atoms with Crippen molar-refractivity contribution in [2.45, 2.75) is 13.8 Å². The first kappa shape index (κ1) is 12.9. The topological polar surface area (TPSA) is 76.5 Å². The Hall–Kier alpha value is -2.17. The van der Waals surface area contributed by atoms with E-state index in [1.165, 1.54) is 18.3 Å². The molecule has 0 aliphatic heterocycles. The predicted molar refractivity (Wildman–Crippen MR) is 61.6 cm³/mol. The van der Waals surface area contributed by atoms with Gasteiger partial charge in [-0.1, -0.05) is 0 Å². The molecule has 0 aromatic carbocycles.